The van der Waals surface area contributed by atoms with E-state index in [1.54, 1.807) is 0 Å². The summed E-state index contributed by atoms with van der Waals surface area (Å²) in [4.78, 5) is 9.62. The lowest BCUT2D eigenvalue weighted by atomic mass is 9.99. The first-order chi connectivity index (χ1) is 11.6. The zero-order valence-corrected chi connectivity index (χ0v) is 18.7. The van der Waals surface area contributed by atoms with Crippen LogP contribution < -0.4 is 5.32 Å². The number of rotatable bonds is 7. The first-order valence-corrected chi connectivity index (χ1v) is 9.42. The number of halogens is 1. The summed E-state index contributed by atoms with van der Waals surface area (Å²) in [5.74, 6) is 1.91. The van der Waals surface area contributed by atoms with Crippen molar-refractivity contribution in [1.82, 2.24) is 19.7 Å². The molecule has 2 rings (SSSR count). The van der Waals surface area contributed by atoms with E-state index in [1.165, 1.54) is 38.2 Å². The second-order valence-corrected chi connectivity index (χ2v) is 7.08. The van der Waals surface area contributed by atoms with Gasteiger partial charge in [-0.3, -0.25) is 4.99 Å². The van der Waals surface area contributed by atoms with E-state index in [4.69, 9.17) is 4.99 Å². The van der Waals surface area contributed by atoms with Gasteiger partial charge in [-0.25, -0.2) is 0 Å². The number of nitrogens with one attached hydrogen (secondary N) is 1. The van der Waals surface area contributed by atoms with Gasteiger partial charge >= 0.3 is 0 Å². The molecule has 0 spiro atoms. The Labute approximate surface area is 170 Å². The molecule has 0 amide bonds. The molecule has 0 bridgehead atoms. The fraction of sp³-hybridized carbons (Fsp3) is 0.737. The SMILES string of the molecule is CCNC(=NCCCN1CCC(C)CC1)N(C)Cc1cccn1C.I. The van der Waals surface area contributed by atoms with Crippen molar-refractivity contribution in [3.63, 3.8) is 0 Å². The normalized spacial score (nSPS) is 16.6. The minimum atomic E-state index is 0. The molecule has 0 unspecified atom stereocenters. The number of likely N-dealkylation sites (tertiary alicyclic amines) is 1. The van der Waals surface area contributed by atoms with E-state index >= 15 is 0 Å². The van der Waals surface area contributed by atoms with Crippen LogP contribution in [0.5, 0.6) is 0 Å². The summed E-state index contributed by atoms with van der Waals surface area (Å²) in [7, 11) is 4.20. The van der Waals surface area contributed by atoms with Crippen LogP contribution in [0.1, 0.15) is 38.8 Å². The molecule has 1 aliphatic rings. The largest absolute Gasteiger partial charge is 0.357 e. The summed E-state index contributed by atoms with van der Waals surface area (Å²) >= 11 is 0. The van der Waals surface area contributed by atoms with Crippen LogP contribution in [0.15, 0.2) is 23.3 Å². The minimum absolute atomic E-state index is 0. The van der Waals surface area contributed by atoms with Crippen molar-refractivity contribution in [2.24, 2.45) is 18.0 Å². The van der Waals surface area contributed by atoms with Crippen molar-refractivity contribution in [2.75, 3.05) is 39.8 Å². The van der Waals surface area contributed by atoms with Gasteiger partial charge in [0.1, 0.15) is 0 Å². The standard InChI is InChI=1S/C19H35N5.HI/c1-5-20-19(23(4)16-18-8-6-12-22(18)3)21-11-7-13-24-14-9-17(2)10-15-24;/h6,8,12,17H,5,7,9-11,13-16H2,1-4H3,(H,20,21);1H. The van der Waals surface area contributed by atoms with Crippen LogP contribution in [0.25, 0.3) is 0 Å². The van der Waals surface area contributed by atoms with Crippen LogP contribution in [-0.4, -0.2) is 60.1 Å². The van der Waals surface area contributed by atoms with Crippen LogP contribution in [0.4, 0.5) is 0 Å². The molecular formula is C19H36IN5. The Balaban J connectivity index is 0.00000312. The topological polar surface area (TPSA) is 35.8 Å². The number of aryl methyl sites for hydroxylation is 1. The van der Waals surface area contributed by atoms with E-state index in [0.29, 0.717) is 0 Å². The molecule has 6 heteroatoms. The zero-order valence-electron chi connectivity index (χ0n) is 16.4. The molecule has 1 aliphatic heterocycles. The molecule has 1 aromatic heterocycles. The van der Waals surface area contributed by atoms with E-state index in [1.807, 2.05) is 0 Å². The summed E-state index contributed by atoms with van der Waals surface area (Å²) < 4.78 is 2.16. The third kappa shape index (κ3) is 7.56. The second-order valence-electron chi connectivity index (χ2n) is 7.08. The van der Waals surface area contributed by atoms with Crippen LogP contribution in [0.2, 0.25) is 0 Å². The van der Waals surface area contributed by atoms with E-state index in [9.17, 15) is 0 Å². The highest BCUT2D eigenvalue weighted by Gasteiger charge is 2.14. The highest BCUT2D eigenvalue weighted by molar-refractivity contribution is 14.0. The smallest absolute Gasteiger partial charge is 0.194 e. The molecule has 1 fully saturated rings. The lowest BCUT2D eigenvalue weighted by Crippen LogP contribution is -2.39. The number of hydrogen-bond acceptors (Lipinski definition) is 2. The fourth-order valence-corrected chi connectivity index (χ4v) is 3.21. The summed E-state index contributed by atoms with van der Waals surface area (Å²) in [6.07, 6.45) is 5.94. The molecule has 0 aromatic carbocycles. The molecule has 2 heterocycles. The predicted octanol–water partition coefficient (Wildman–Crippen LogP) is 3.16. The Kier molecular flexibility index (Phi) is 10.5. The van der Waals surface area contributed by atoms with Gasteiger partial charge in [0.25, 0.3) is 0 Å². The van der Waals surface area contributed by atoms with Gasteiger partial charge in [0.05, 0.1) is 6.54 Å². The molecule has 0 saturated carbocycles. The van der Waals surface area contributed by atoms with Crippen molar-refractivity contribution in [1.29, 1.82) is 0 Å². The van der Waals surface area contributed by atoms with Crippen molar-refractivity contribution in [3.8, 4) is 0 Å². The van der Waals surface area contributed by atoms with E-state index in [-0.39, 0.29) is 24.0 Å². The van der Waals surface area contributed by atoms with Crippen molar-refractivity contribution in [2.45, 2.75) is 39.7 Å². The van der Waals surface area contributed by atoms with Gasteiger partial charge in [0, 0.05) is 39.1 Å². The average Bonchev–Trinajstić information content (AvgIpc) is 2.97. The molecule has 5 nitrogen and oxygen atoms in total. The molecule has 0 atom stereocenters. The van der Waals surface area contributed by atoms with Gasteiger partial charge < -0.3 is 19.7 Å². The van der Waals surface area contributed by atoms with E-state index in [0.717, 1.165) is 37.9 Å². The fourth-order valence-electron chi connectivity index (χ4n) is 3.21. The van der Waals surface area contributed by atoms with Crippen molar-refractivity contribution in [3.05, 3.63) is 24.0 Å². The van der Waals surface area contributed by atoms with Gasteiger partial charge in [0.2, 0.25) is 0 Å². The molecule has 0 radical (unpaired) electrons. The number of hydrogen-bond donors (Lipinski definition) is 1. The monoisotopic (exact) mass is 461 g/mol. The Bertz CT molecular complexity index is 506. The average molecular weight is 461 g/mol. The molecule has 1 N–H and O–H groups in total. The number of aromatic nitrogens is 1. The second kappa shape index (κ2) is 11.8. The lowest BCUT2D eigenvalue weighted by Gasteiger charge is -2.30. The predicted molar refractivity (Wildman–Crippen MR) is 118 cm³/mol. The van der Waals surface area contributed by atoms with E-state index in [2.05, 4.69) is 66.0 Å². The maximum Gasteiger partial charge on any atom is 0.194 e. The van der Waals surface area contributed by atoms with Crippen molar-refractivity contribution < 1.29 is 0 Å². The highest BCUT2D eigenvalue weighted by atomic mass is 127. The van der Waals surface area contributed by atoms with Crippen molar-refractivity contribution >= 4 is 29.9 Å². The molecular weight excluding hydrogens is 425 g/mol. The third-order valence-electron chi connectivity index (χ3n) is 4.92. The Morgan fingerprint density at radius 1 is 1.36 bits per heavy atom. The van der Waals surface area contributed by atoms with Gasteiger partial charge in [-0.2, -0.15) is 0 Å². The van der Waals surface area contributed by atoms with Crippen LogP contribution in [0, 0.1) is 5.92 Å². The first-order valence-electron chi connectivity index (χ1n) is 9.42. The number of piperidine rings is 1. The summed E-state index contributed by atoms with van der Waals surface area (Å²) in [6.45, 7) is 10.9. The Hall–Kier alpha value is -0.760. The Morgan fingerprint density at radius 3 is 2.68 bits per heavy atom. The van der Waals surface area contributed by atoms with Gasteiger partial charge in [-0.15, -0.1) is 24.0 Å². The van der Waals surface area contributed by atoms with Crippen LogP contribution in [0.3, 0.4) is 0 Å². The first kappa shape index (κ1) is 22.3. The molecule has 25 heavy (non-hydrogen) atoms. The molecule has 0 aliphatic carbocycles. The summed E-state index contributed by atoms with van der Waals surface area (Å²) in [5.41, 5.74) is 1.30. The highest BCUT2D eigenvalue weighted by Crippen LogP contribution is 2.15. The summed E-state index contributed by atoms with van der Waals surface area (Å²) in [6, 6.07) is 4.25. The maximum atomic E-state index is 4.82. The Morgan fingerprint density at radius 2 is 2.08 bits per heavy atom. The van der Waals surface area contributed by atoms with Gasteiger partial charge in [-0.1, -0.05) is 6.92 Å². The molecule has 144 valence electrons. The number of guanidine groups is 1. The van der Waals surface area contributed by atoms with E-state index < -0.39 is 0 Å². The van der Waals surface area contributed by atoms with Crippen LogP contribution in [-0.2, 0) is 13.6 Å². The molecule has 1 aromatic rings. The van der Waals surface area contributed by atoms with Gasteiger partial charge in [-0.05, 0) is 63.9 Å². The number of aliphatic imine (C=N–C) groups is 1. The maximum absolute atomic E-state index is 4.82. The lowest BCUT2D eigenvalue weighted by molar-refractivity contribution is 0.191. The quantitative estimate of drug-likeness (QED) is 0.293. The zero-order chi connectivity index (χ0) is 17.4. The molecule has 1 saturated heterocycles. The third-order valence-corrected chi connectivity index (χ3v) is 4.92. The van der Waals surface area contributed by atoms with Crippen LogP contribution >= 0.6 is 24.0 Å². The van der Waals surface area contributed by atoms with Gasteiger partial charge in [0.15, 0.2) is 5.96 Å². The minimum Gasteiger partial charge on any atom is -0.357 e. The number of nitrogens with zero attached hydrogens (tertiary/aromatic N) is 4. The summed E-state index contributed by atoms with van der Waals surface area (Å²) in [5, 5.41) is 3.41.